The number of fused-ring (bicyclic) bond motifs is 2. The SMILES string of the molecule is C[C@]12CCC(O)C(CCO)[C@@H]1CCCC21OCCO1. The number of ether oxygens (including phenoxy) is 2. The summed E-state index contributed by atoms with van der Waals surface area (Å²) in [6, 6.07) is 0. The zero-order valence-electron chi connectivity index (χ0n) is 11.8. The molecule has 3 rings (SSSR count). The van der Waals surface area contributed by atoms with Crippen molar-refractivity contribution in [1.29, 1.82) is 0 Å². The molecule has 1 spiro atoms. The van der Waals surface area contributed by atoms with Crippen molar-refractivity contribution in [1.82, 2.24) is 0 Å². The monoisotopic (exact) mass is 270 g/mol. The van der Waals surface area contributed by atoms with Gasteiger partial charge in [0.2, 0.25) is 0 Å². The molecule has 0 aromatic rings. The van der Waals surface area contributed by atoms with Crippen LogP contribution in [0.1, 0.15) is 45.4 Å². The molecule has 1 heterocycles. The van der Waals surface area contributed by atoms with Gasteiger partial charge in [-0.05, 0) is 43.9 Å². The van der Waals surface area contributed by atoms with Crippen LogP contribution in [-0.4, -0.2) is 41.9 Å². The lowest BCUT2D eigenvalue weighted by Gasteiger charge is -2.58. The fourth-order valence-electron chi connectivity index (χ4n) is 4.91. The van der Waals surface area contributed by atoms with Crippen molar-refractivity contribution in [2.45, 2.75) is 57.3 Å². The Labute approximate surface area is 115 Å². The summed E-state index contributed by atoms with van der Waals surface area (Å²) >= 11 is 0. The predicted molar refractivity (Wildman–Crippen MR) is 70.5 cm³/mol. The average molecular weight is 270 g/mol. The van der Waals surface area contributed by atoms with Crippen LogP contribution in [0.15, 0.2) is 0 Å². The third kappa shape index (κ3) is 1.96. The van der Waals surface area contributed by atoms with Crippen LogP contribution in [-0.2, 0) is 9.47 Å². The molecule has 4 atom stereocenters. The van der Waals surface area contributed by atoms with Gasteiger partial charge >= 0.3 is 0 Å². The summed E-state index contributed by atoms with van der Waals surface area (Å²) in [5, 5.41) is 19.6. The zero-order chi connectivity index (χ0) is 13.5. The van der Waals surface area contributed by atoms with Gasteiger partial charge in [0.15, 0.2) is 5.79 Å². The molecule has 19 heavy (non-hydrogen) atoms. The number of hydrogen-bond acceptors (Lipinski definition) is 4. The molecule has 2 unspecified atom stereocenters. The molecule has 0 aromatic carbocycles. The molecular formula is C15H26O4. The van der Waals surface area contributed by atoms with Crippen molar-refractivity contribution in [3.8, 4) is 0 Å². The van der Waals surface area contributed by atoms with E-state index in [9.17, 15) is 10.2 Å². The van der Waals surface area contributed by atoms with E-state index in [0.717, 1.165) is 32.1 Å². The van der Waals surface area contributed by atoms with Crippen molar-refractivity contribution in [3.05, 3.63) is 0 Å². The second-order valence-electron chi connectivity index (χ2n) is 6.65. The lowest BCUT2D eigenvalue weighted by atomic mass is 9.52. The van der Waals surface area contributed by atoms with E-state index in [4.69, 9.17) is 9.47 Å². The summed E-state index contributed by atoms with van der Waals surface area (Å²) in [7, 11) is 0. The molecule has 2 N–H and O–H groups in total. The van der Waals surface area contributed by atoms with Crippen molar-refractivity contribution < 1.29 is 19.7 Å². The van der Waals surface area contributed by atoms with Gasteiger partial charge in [-0.15, -0.1) is 0 Å². The summed E-state index contributed by atoms with van der Waals surface area (Å²) in [4.78, 5) is 0. The molecule has 0 bridgehead atoms. The van der Waals surface area contributed by atoms with E-state index in [1.54, 1.807) is 0 Å². The maximum absolute atomic E-state index is 10.3. The fourth-order valence-corrected chi connectivity index (χ4v) is 4.91. The van der Waals surface area contributed by atoms with Crippen LogP contribution in [0.3, 0.4) is 0 Å². The molecule has 0 aromatic heterocycles. The summed E-state index contributed by atoms with van der Waals surface area (Å²) in [5.74, 6) is 0.160. The molecule has 4 nitrogen and oxygen atoms in total. The number of aliphatic hydroxyl groups excluding tert-OH is 2. The van der Waals surface area contributed by atoms with Crippen LogP contribution >= 0.6 is 0 Å². The van der Waals surface area contributed by atoms with Gasteiger partial charge in [0.25, 0.3) is 0 Å². The van der Waals surface area contributed by atoms with Crippen LogP contribution in [0.25, 0.3) is 0 Å². The highest BCUT2D eigenvalue weighted by molar-refractivity contribution is 5.06. The highest BCUT2D eigenvalue weighted by Gasteiger charge is 2.61. The van der Waals surface area contributed by atoms with Gasteiger partial charge in [-0.2, -0.15) is 0 Å². The van der Waals surface area contributed by atoms with Crippen LogP contribution in [0.2, 0.25) is 0 Å². The first-order valence-electron chi connectivity index (χ1n) is 7.70. The lowest BCUT2D eigenvalue weighted by molar-refractivity contribution is -0.290. The lowest BCUT2D eigenvalue weighted by Crippen LogP contribution is -2.60. The van der Waals surface area contributed by atoms with Gasteiger partial charge in [0, 0.05) is 18.4 Å². The van der Waals surface area contributed by atoms with E-state index in [2.05, 4.69) is 6.92 Å². The van der Waals surface area contributed by atoms with Gasteiger partial charge in [-0.25, -0.2) is 0 Å². The first-order valence-corrected chi connectivity index (χ1v) is 7.70. The van der Waals surface area contributed by atoms with Crippen LogP contribution in [0, 0.1) is 17.3 Å². The Bertz CT molecular complexity index is 326. The van der Waals surface area contributed by atoms with E-state index in [1.165, 1.54) is 0 Å². The number of hydrogen-bond donors (Lipinski definition) is 2. The molecule has 0 radical (unpaired) electrons. The molecule has 3 fully saturated rings. The van der Waals surface area contributed by atoms with E-state index in [1.807, 2.05) is 0 Å². The second kappa shape index (κ2) is 4.99. The zero-order valence-corrected chi connectivity index (χ0v) is 11.8. The van der Waals surface area contributed by atoms with Crippen LogP contribution in [0.5, 0.6) is 0 Å². The normalized spacial score (nSPS) is 45.3. The molecule has 2 saturated carbocycles. The Balaban J connectivity index is 1.91. The Morgan fingerprint density at radius 1 is 1.16 bits per heavy atom. The average Bonchev–Trinajstić information content (AvgIpc) is 2.86. The summed E-state index contributed by atoms with van der Waals surface area (Å²) in [6.07, 6.45) is 5.36. The van der Waals surface area contributed by atoms with Gasteiger partial charge in [-0.3, -0.25) is 0 Å². The van der Waals surface area contributed by atoms with Crippen molar-refractivity contribution in [3.63, 3.8) is 0 Å². The number of aliphatic hydroxyl groups is 2. The van der Waals surface area contributed by atoms with Crippen LogP contribution in [0.4, 0.5) is 0 Å². The molecule has 110 valence electrons. The van der Waals surface area contributed by atoms with E-state index < -0.39 is 5.79 Å². The van der Waals surface area contributed by atoms with Gasteiger partial charge in [0.05, 0.1) is 19.3 Å². The Morgan fingerprint density at radius 2 is 1.89 bits per heavy atom. The second-order valence-corrected chi connectivity index (χ2v) is 6.65. The summed E-state index contributed by atoms with van der Waals surface area (Å²) in [5.41, 5.74) is -0.0131. The van der Waals surface area contributed by atoms with E-state index in [0.29, 0.717) is 25.6 Å². The topological polar surface area (TPSA) is 58.9 Å². The maximum atomic E-state index is 10.3. The molecule has 2 aliphatic carbocycles. The summed E-state index contributed by atoms with van der Waals surface area (Å²) in [6.45, 7) is 3.81. The first kappa shape index (κ1) is 13.8. The molecular weight excluding hydrogens is 244 g/mol. The van der Waals surface area contributed by atoms with Gasteiger partial charge in [-0.1, -0.05) is 6.92 Å². The standard InChI is InChI=1S/C15H26O4/c1-14-7-4-13(17)11(5-8-16)12(14)3-2-6-15(14)18-9-10-19-15/h11-13,16-17H,2-10H2,1H3/t11?,12-,13?,14-/m0/s1. The minimum Gasteiger partial charge on any atom is -0.396 e. The first-order chi connectivity index (χ1) is 9.13. The minimum absolute atomic E-state index is 0.0131. The largest absolute Gasteiger partial charge is 0.396 e. The van der Waals surface area contributed by atoms with E-state index in [-0.39, 0.29) is 24.0 Å². The Kier molecular flexibility index (Phi) is 3.63. The highest BCUT2D eigenvalue weighted by Crippen LogP contribution is 2.60. The van der Waals surface area contributed by atoms with Crippen molar-refractivity contribution >= 4 is 0 Å². The van der Waals surface area contributed by atoms with Gasteiger partial charge < -0.3 is 19.7 Å². The molecule has 0 amide bonds. The molecule has 1 saturated heterocycles. The quantitative estimate of drug-likeness (QED) is 0.801. The summed E-state index contributed by atoms with van der Waals surface area (Å²) < 4.78 is 12.1. The Morgan fingerprint density at radius 3 is 2.58 bits per heavy atom. The predicted octanol–water partition coefficient (Wildman–Crippen LogP) is 1.69. The van der Waals surface area contributed by atoms with Gasteiger partial charge in [0.1, 0.15) is 0 Å². The fraction of sp³-hybridized carbons (Fsp3) is 1.00. The van der Waals surface area contributed by atoms with Crippen molar-refractivity contribution in [2.75, 3.05) is 19.8 Å². The smallest absolute Gasteiger partial charge is 0.174 e. The Hall–Kier alpha value is -0.160. The highest BCUT2D eigenvalue weighted by atomic mass is 16.7. The maximum Gasteiger partial charge on any atom is 0.174 e. The third-order valence-corrected chi connectivity index (χ3v) is 5.90. The van der Waals surface area contributed by atoms with Crippen LogP contribution < -0.4 is 0 Å². The molecule has 1 aliphatic heterocycles. The minimum atomic E-state index is -0.427. The third-order valence-electron chi connectivity index (χ3n) is 5.90. The molecule has 3 aliphatic rings. The van der Waals surface area contributed by atoms with E-state index >= 15 is 0 Å². The van der Waals surface area contributed by atoms with Crippen molar-refractivity contribution in [2.24, 2.45) is 17.3 Å². The number of rotatable bonds is 2. The molecule has 4 heteroatoms.